The third-order valence-corrected chi connectivity index (χ3v) is 2.02. The average Bonchev–Trinajstić information content (AvgIpc) is 2.36. The first-order chi connectivity index (χ1) is 5.16. The zero-order valence-electron chi connectivity index (χ0n) is 6.06. The maximum atomic E-state index is 9.67. The number of furan rings is 1. The summed E-state index contributed by atoms with van der Waals surface area (Å²) in [6.07, 6.45) is 1.72. The molecule has 0 aliphatic carbocycles. The van der Waals surface area contributed by atoms with E-state index in [0.717, 1.165) is 54.7 Å². The van der Waals surface area contributed by atoms with Gasteiger partial charge in [0.2, 0.25) is 0 Å². The molecule has 0 unspecified atom stereocenters. The van der Waals surface area contributed by atoms with Crippen molar-refractivity contribution in [2.24, 2.45) is 0 Å². The molecule has 0 fully saturated rings. The number of hydrogen-bond acceptors (Lipinski definition) is 1. The minimum absolute atomic E-state index is 0.894. The molecule has 0 spiro atoms. The molecule has 0 radical (unpaired) electrons. The molecule has 1 aromatic rings. The third-order valence-electron chi connectivity index (χ3n) is 0.929. The van der Waals surface area contributed by atoms with Gasteiger partial charge >= 0.3 is 85.6 Å². The molecule has 1 nitrogen and oxygen atoms in total. The van der Waals surface area contributed by atoms with Crippen LogP contribution in [0.2, 0.25) is 0 Å². The van der Waals surface area contributed by atoms with Crippen LogP contribution in [0.4, 0.5) is 12.9 Å². The SMILES string of the molecule is FB(F)F.[K][CH2]c1ccco1. The van der Waals surface area contributed by atoms with Crippen molar-refractivity contribution in [3.05, 3.63) is 24.2 Å². The molecule has 11 heavy (non-hydrogen) atoms. The van der Waals surface area contributed by atoms with Crippen LogP contribution in [0.3, 0.4) is 0 Å². The molecule has 0 atom stereocenters. The fourth-order valence-electron chi connectivity index (χ4n) is 0.514. The van der Waals surface area contributed by atoms with Crippen molar-refractivity contribution in [1.82, 2.24) is 0 Å². The summed E-state index contributed by atoms with van der Waals surface area (Å²) in [6, 6.07) is 3.95. The normalized spacial score (nSPS) is 8.45. The third kappa shape index (κ3) is 8.68. The Morgan fingerprint density at radius 3 is 2.18 bits per heavy atom. The van der Waals surface area contributed by atoms with E-state index in [4.69, 9.17) is 4.42 Å². The predicted octanol–water partition coefficient (Wildman–Crippen LogP) is 1.83. The molecule has 0 aromatic carbocycles. The van der Waals surface area contributed by atoms with Crippen LogP contribution in [0.1, 0.15) is 5.76 Å². The summed E-state index contributed by atoms with van der Waals surface area (Å²) in [5, 5.41) is 0. The van der Waals surface area contributed by atoms with Crippen molar-refractivity contribution in [3.63, 3.8) is 0 Å². The van der Waals surface area contributed by atoms with Gasteiger partial charge < -0.3 is 0 Å². The monoisotopic (exact) mass is 188 g/mol. The molecule has 1 aromatic heterocycles. The molecule has 0 N–H and O–H groups in total. The van der Waals surface area contributed by atoms with Crippen LogP contribution < -0.4 is 0 Å². The van der Waals surface area contributed by atoms with Gasteiger partial charge in [0.25, 0.3) is 0 Å². The van der Waals surface area contributed by atoms with Crippen LogP contribution in [0.5, 0.6) is 0 Å². The molecular weight excluding hydrogens is 183 g/mol. The molecule has 1 rings (SSSR count). The Balaban J connectivity index is 0.000000218. The van der Waals surface area contributed by atoms with Crippen LogP contribution in [0.25, 0.3) is 0 Å². The van der Waals surface area contributed by atoms with Gasteiger partial charge in [-0.15, -0.1) is 0 Å². The van der Waals surface area contributed by atoms with Crippen molar-refractivity contribution in [2.45, 2.75) is 0.515 Å². The number of halogens is 3. The van der Waals surface area contributed by atoms with E-state index in [2.05, 4.69) is 0 Å². The standard InChI is InChI=1S/C5H5O.BF3.K/c1-5-3-2-4-6-5;2-1(3)4;/h2-4H,1H2;;. The summed E-state index contributed by atoms with van der Waals surface area (Å²) in [5.41, 5.74) is 0. The van der Waals surface area contributed by atoms with Gasteiger partial charge in [0.1, 0.15) is 0 Å². The van der Waals surface area contributed by atoms with Gasteiger partial charge in [0, 0.05) is 0 Å². The Bertz CT molecular complexity index is 165. The van der Waals surface area contributed by atoms with E-state index in [1.165, 1.54) is 0.515 Å². The predicted molar refractivity (Wildman–Crippen MR) is 37.2 cm³/mol. The maximum absolute atomic E-state index is 9.67. The fourth-order valence-corrected chi connectivity index (χ4v) is 1.14. The summed E-state index contributed by atoms with van der Waals surface area (Å²) in [6.45, 7) is 0. The van der Waals surface area contributed by atoms with Crippen molar-refractivity contribution in [2.75, 3.05) is 0 Å². The Morgan fingerprint density at radius 1 is 1.45 bits per heavy atom. The second kappa shape index (κ2) is 7.42. The van der Waals surface area contributed by atoms with Gasteiger partial charge in [-0.25, -0.2) is 0 Å². The van der Waals surface area contributed by atoms with Gasteiger partial charge in [-0.05, 0) is 0 Å². The first-order valence-electron chi connectivity index (χ1n) is 3.11. The second-order valence-corrected chi connectivity index (χ2v) is 2.78. The Morgan fingerprint density at radius 2 is 2.00 bits per heavy atom. The van der Waals surface area contributed by atoms with Gasteiger partial charge in [-0.2, -0.15) is 0 Å². The summed E-state index contributed by atoms with van der Waals surface area (Å²) in [5.74, 6) is 1.14. The summed E-state index contributed by atoms with van der Waals surface area (Å²) >= 11 is 0.894. The Labute approximate surface area is 97.1 Å². The zero-order valence-corrected chi connectivity index (χ0v) is 9.18. The van der Waals surface area contributed by atoms with E-state index in [0.29, 0.717) is 0 Å². The molecule has 1 heterocycles. The number of rotatable bonds is 1. The zero-order chi connectivity index (χ0) is 8.69. The van der Waals surface area contributed by atoms with Crippen LogP contribution >= 0.6 is 0 Å². The van der Waals surface area contributed by atoms with Crippen LogP contribution in [0, 0.1) is 0 Å². The molecule has 6 heteroatoms. The van der Waals surface area contributed by atoms with E-state index >= 15 is 0 Å². The van der Waals surface area contributed by atoms with Crippen LogP contribution in [-0.2, 0) is 0.515 Å². The van der Waals surface area contributed by atoms with Gasteiger partial charge in [0.05, 0.1) is 0 Å². The van der Waals surface area contributed by atoms with Gasteiger partial charge in [-0.3, -0.25) is 12.9 Å². The number of hydrogen-bond donors (Lipinski definition) is 0. The molecule has 0 saturated carbocycles. The first kappa shape index (κ1) is 11.8. The molecule has 0 bridgehead atoms. The van der Waals surface area contributed by atoms with Gasteiger partial charge in [0.15, 0.2) is 0 Å². The summed E-state index contributed by atoms with van der Waals surface area (Å²) in [7, 11) is -3.67. The quantitative estimate of drug-likeness (QED) is 0.612. The van der Waals surface area contributed by atoms with Crippen LogP contribution in [0.15, 0.2) is 22.8 Å². The molecule has 0 amide bonds. The van der Waals surface area contributed by atoms with Crippen LogP contribution in [-0.4, -0.2) is 56.5 Å². The van der Waals surface area contributed by atoms with E-state index in [9.17, 15) is 12.9 Å². The summed E-state index contributed by atoms with van der Waals surface area (Å²) < 4.78 is 35.2. The fraction of sp³-hybridized carbons (Fsp3) is 0.200. The first-order valence-corrected chi connectivity index (χ1v) is 5.32. The van der Waals surface area contributed by atoms with E-state index < -0.39 is 7.54 Å². The molecule has 0 aliphatic rings. The molecule has 56 valence electrons. The van der Waals surface area contributed by atoms with Crippen molar-refractivity contribution in [1.29, 1.82) is 0 Å². The molecular formula is C5H5BF3KO. The Hall–Kier alpha value is 0.771. The van der Waals surface area contributed by atoms with Gasteiger partial charge in [-0.1, -0.05) is 0 Å². The molecule has 0 saturated heterocycles. The average molecular weight is 188 g/mol. The van der Waals surface area contributed by atoms with Crippen molar-refractivity contribution < 1.29 is 17.4 Å². The van der Waals surface area contributed by atoms with E-state index in [-0.39, 0.29) is 0 Å². The Kier molecular flexibility index (Phi) is 7.94. The topological polar surface area (TPSA) is 13.1 Å². The molecule has 0 aliphatic heterocycles. The van der Waals surface area contributed by atoms with E-state index in [1.54, 1.807) is 6.26 Å². The minimum atomic E-state index is -3.67. The second-order valence-electron chi connectivity index (χ2n) is 1.68. The van der Waals surface area contributed by atoms with Crippen molar-refractivity contribution >= 4 is 56.5 Å². The van der Waals surface area contributed by atoms with Crippen molar-refractivity contribution in [3.8, 4) is 0 Å². The summed E-state index contributed by atoms with van der Waals surface area (Å²) in [4.78, 5) is 0. The van der Waals surface area contributed by atoms with E-state index in [1.807, 2.05) is 12.1 Å².